The smallest absolute Gasteiger partial charge is 0.337 e. The molecule has 1 amide bonds. The van der Waals surface area contributed by atoms with E-state index >= 15 is 0 Å². The van der Waals surface area contributed by atoms with Crippen molar-refractivity contribution in [3.8, 4) is 0 Å². The maximum Gasteiger partial charge on any atom is 0.337 e. The number of ether oxygens (including phenoxy) is 1. The minimum Gasteiger partial charge on any atom is -0.465 e. The highest BCUT2D eigenvalue weighted by atomic mass is 16.5. The van der Waals surface area contributed by atoms with E-state index in [9.17, 15) is 9.59 Å². The molecule has 26 heavy (non-hydrogen) atoms. The zero-order valence-electron chi connectivity index (χ0n) is 14.0. The van der Waals surface area contributed by atoms with Gasteiger partial charge in [-0.25, -0.2) is 14.8 Å². The van der Waals surface area contributed by atoms with Crippen LogP contribution in [0.25, 0.3) is 0 Å². The normalized spacial score (nSPS) is 10.0. The maximum absolute atomic E-state index is 12.1. The first-order chi connectivity index (χ1) is 12.7. The lowest BCUT2D eigenvalue weighted by molar-refractivity contribution is 0.0600. The molecule has 0 unspecified atom stereocenters. The van der Waals surface area contributed by atoms with Crippen LogP contribution in [-0.4, -0.2) is 29.0 Å². The van der Waals surface area contributed by atoms with Gasteiger partial charge in [-0.1, -0.05) is 18.2 Å². The van der Waals surface area contributed by atoms with E-state index in [1.807, 2.05) is 18.2 Å². The molecule has 2 N–H and O–H groups in total. The number of carbonyl (C=O) groups excluding carboxylic acids is 2. The Morgan fingerprint density at radius 2 is 1.62 bits per heavy atom. The summed E-state index contributed by atoms with van der Waals surface area (Å²) in [5, 5.41) is 5.79. The number of esters is 1. The van der Waals surface area contributed by atoms with Gasteiger partial charge in [-0.3, -0.25) is 4.79 Å². The van der Waals surface area contributed by atoms with Crippen LogP contribution < -0.4 is 10.6 Å². The maximum atomic E-state index is 12.1. The van der Waals surface area contributed by atoms with Gasteiger partial charge in [0.25, 0.3) is 5.91 Å². The summed E-state index contributed by atoms with van der Waals surface area (Å²) >= 11 is 0. The van der Waals surface area contributed by atoms with E-state index in [1.165, 1.54) is 19.5 Å². The number of hydrogen-bond acceptors (Lipinski definition) is 6. The molecule has 7 heteroatoms. The van der Waals surface area contributed by atoms with Crippen molar-refractivity contribution in [2.75, 3.05) is 17.7 Å². The molecule has 3 rings (SSSR count). The molecule has 0 aliphatic heterocycles. The number of hydrogen-bond donors (Lipinski definition) is 2. The number of methoxy groups -OCH3 is 1. The summed E-state index contributed by atoms with van der Waals surface area (Å²) in [5.74, 6) is -0.255. The molecule has 0 radical (unpaired) electrons. The number of benzene rings is 2. The summed E-state index contributed by atoms with van der Waals surface area (Å²) in [6, 6.07) is 15.9. The molecule has 0 spiro atoms. The van der Waals surface area contributed by atoms with Gasteiger partial charge in [-0.15, -0.1) is 0 Å². The lowest BCUT2D eigenvalue weighted by Crippen LogP contribution is -2.14. The minimum atomic E-state index is -0.398. The molecular formula is C19H16N4O3. The van der Waals surface area contributed by atoms with Gasteiger partial charge < -0.3 is 15.4 Å². The molecule has 7 nitrogen and oxygen atoms in total. The van der Waals surface area contributed by atoms with Crippen molar-refractivity contribution in [2.45, 2.75) is 0 Å². The number of amides is 1. The van der Waals surface area contributed by atoms with Gasteiger partial charge in [0.15, 0.2) is 0 Å². The molecule has 0 aliphatic rings. The standard InChI is InChI=1S/C19H16N4O3/c1-26-19(25)13-7-9-15(10-8-13)22-17-12-20-16(11-21-17)18(24)23-14-5-3-2-4-6-14/h2-12H,1H3,(H,21,22)(H,23,24). The van der Waals surface area contributed by atoms with Crippen LogP contribution in [-0.2, 0) is 4.74 Å². The molecule has 0 bridgehead atoms. The molecule has 0 saturated carbocycles. The first-order valence-corrected chi connectivity index (χ1v) is 7.79. The molecule has 3 aromatic rings. The van der Waals surface area contributed by atoms with Crippen LogP contribution in [0.1, 0.15) is 20.8 Å². The number of rotatable bonds is 5. The Bertz CT molecular complexity index is 894. The van der Waals surface area contributed by atoms with Gasteiger partial charge in [-0.05, 0) is 36.4 Å². The second-order valence-electron chi connectivity index (χ2n) is 5.30. The Hall–Kier alpha value is -3.74. The van der Waals surface area contributed by atoms with E-state index in [4.69, 9.17) is 0 Å². The van der Waals surface area contributed by atoms with Crippen LogP contribution in [0.2, 0.25) is 0 Å². The predicted molar refractivity (Wildman–Crippen MR) is 97.5 cm³/mol. The molecule has 1 heterocycles. The highest BCUT2D eigenvalue weighted by Crippen LogP contribution is 2.15. The number of aromatic nitrogens is 2. The van der Waals surface area contributed by atoms with Crippen molar-refractivity contribution >= 4 is 29.1 Å². The van der Waals surface area contributed by atoms with Crippen molar-refractivity contribution in [1.29, 1.82) is 0 Å². The van der Waals surface area contributed by atoms with Gasteiger partial charge in [-0.2, -0.15) is 0 Å². The summed E-state index contributed by atoms with van der Waals surface area (Å²) in [6.45, 7) is 0. The molecule has 1 aromatic heterocycles. The lowest BCUT2D eigenvalue weighted by atomic mass is 10.2. The van der Waals surface area contributed by atoms with Crippen molar-refractivity contribution in [2.24, 2.45) is 0 Å². The van der Waals surface area contributed by atoms with Crippen molar-refractivity contribution in [1.82, 2.24) is 9.97 Å². The minimum absolute atomic E-state index is 0.209. The van der Waals surface area contributed by atoms with Crippen LogP contribution in [0, 0.1) is 0 Å². The van der Waals surface area contributed by atoms with Crippen LogP contribution in [0.4, 0.5) is 17.2 Å². The molecule has 0 fully saturated rings. The fourth-order valence-corrected chi connectivity index (χ4v) is 2.18. The van der Waals surface area contributed by atoms with Gasteiger partial charge in [0.05, 0.1) is 25.1 Å². The first-order valence-electron chi connectivity index (χ1n) is 7.79. The largest absolute Gasteiger partial charge is 0.465 e. The predicted octanol–water partition coefficient (Wildman–Crippen LogP) is 3.26. The highest BCUT2D eigenvalue weighted by molar-refractivity contribution is 6.02. The summed E-state index contributed by atoms with van der Waals surface area (Å²) in [5.41, 5.74) is 2.08. The van der Waals surface area contributed by atoms with Gasteiger partial charge in [0.2, 0.25) is 0 Å². The fourth-order valence-electron chi connectivity index (χ4n) is 2.18. The third-order valence-electron chi connectivity index (χ3n) is 3.49. The average molecular weight is 348 g/mol. The Balaban J connectivity index is 1.64. The van der Waals surface area contributed by atoms with E-state index in [0.717, 1.165) is 5.69 Å². The summed E-state index contributed by atoms with van der Waals surface area (Å²) in [4.78, 5) is 31.9. The van der Waals surface area contributed by atoms with Gasteiger partial charge >= 0.3 is 5.97 Å². The van der Waals surface area contributed by atoms with E-state index in [-0.39, 0.29) is 11.6 Å². The summed E-state index contributed by atoms with van der Waals surface area (Å²) in [7, 11) is 1.33. The van der Waals surface area contributed by atoms with Crippen molar-refractivity contribution < 1.29 is 14.3 Å². The van der Waals surface area contributed by atoms with Gasteiger partial charge in [0.1, 0.15) is 11.5 Å². The van der Waals surface area contributed by atoms with Crippen molar-refractivity contribution in [3.05, 3.63) is 78.2 Å². The second-order valence-corrected chi connectivity index (χ2v) is 5.30. The van der Waals surface area contributed by atoms with Crippen LogP contribution in [0.5, 0.6) is 0 Å². The quantitative estimate of drug-likeness (QED) is 0.688. The molecule has 0 saturated heterocycles. The molecule has 130 valence electrons. The monoisotopic (exact) mass is 348 g/mol. The average Bonchev–Trinajstić information content (AvgIpc) is 2.69. The van der Waals surface area contributed by atoms with E-state index in [1.54, 1.807) is 36.4 Å². The summed E-state index contributed by atoms with van der Waals surface area (Å²) in [6.07, 6.45) is 2.86. The van der Waals surface area contributed by atoms with E-state index < -0.39 is 5.97 Å². The molecule has 2 aromatic carbocycles. The Kier molecular flexibility index (Phi) is 5.19. The van der Waals surface area contributed by atoms with Crippen LogP contribution in [0.3, 0.4) is 0 Å². The summed E-state index contributed by atoms with van der Waals surface area (Å²) < 4.78 is 4.65. The van der Waals surface area contributed by atoms with Crippen LogP contribution >= 0.6 is 0 Å². The number of para-hydroxylation sites is 1. The van der Waals surface area contributed by atoms with Crippen LogP contribution in [0.15, 0.2) is 67.0 Å². The molecule has 0 atom stereocenters. The number of nitrogens with zero attached hydrogens (tertiary/aromatic N) is 2. The van der Waals surface area contributed by atoms with E-state index in [2.05, 4.69) is 25.3 Å². The molecule has 0 aliphatic carbocycles. The topological polar surface area (TPSA) is 93.2 Å². The SMILES string of the molecule is COC(=O)c1ccc(Nc2cnc(C(=O)Nc3ccccc3)cn2)cc1. The third-order valence-corrected chi connectivity index (χ3v) is 3.49. The number of carbonyl (C=O) groups is 2. The van der Waals surface area contributed by atoms with E-state index in [0.29, 0.717) is 17.1 Å². The Morgan fingerprint density at radius 3 is 2.23 bits per heavy atom. The molecular weight excluding hydrogens is 332 g/mol. The number of nitrogens with one attached hydrogen (secondary N) is 2. The second kappa shape index (κ2) is 7.89. The van der Waals surface area contributed by atoms with Gasteiger partial charge in [0, 0.05) is 11.4 Å². The number of anilines is 3. The third kappa shape index (κ3) is 4.21. The Morgan fingerprint density at radius 1 is 0.885 bits per heavy atom. The lowest BCUT2D eigenvalue weighted by Gasteiger charge is -2.07. The zero-order chi connectivity index (χ0) is 18.4. The highest BCUT2D eigenvalue weighted by Gasteiger charge is 2.09. The van der Waals surface area contributed by atoms with Crippen molar-refractivity contribution in [3.63, 3.8) is 0 Å². The first kappa shape index (κ1) is 17.1. The zero-order valence-corrected chi connectivity index (χ0v) is 14.0. The fraction of sp³-hybridized carbons (Fsp3) is 0.0526. The Labute approximate surface area is 150 Å².